The first-order valence-corrected chi connectivity index (χ1v) is 9.62. The van der Waals surface area contributed by atoms with Crippen LogP contribution in [0.4, 0.5) is 4.79 Å². The van der Waals surface area contributed by atoms with E-state index in [1.54, 1.807) is 17.0 Å². The van der Waals surface area contributed by atoms with Crippen LogP contribution in [0.25, 0.3) is 27.9 Å². The lowest BCUT2D eigenvalue weighted by Crippen LogP contribution is -2.39. The third kappa shape index (κ3) is 3.94. The number of para-hydroxylation sites is 1. The van der Waals surface area contributed by atoms with E-state index in [-0.39, 0.29) is 11.8 Å². The number of nitrogens with zero attached hydrogens (tertiary/aromatic N) is 3. The summed E-state index contributed by atoms with van der Waals surface area (Å²) in [6.07, 6.45) is 4.40. The minimum Gasteiger partial charge on any atom is -0.507 e. The Kier molecular flexibility index (Phi) is 4.74. The summed E-state index contributed by atoms with van der Waals surface area (Å²) in [7, 11) is 0. The molecule has 0 radical (unpaired) electrons. The number of aromatic hydroxyl groups is 1. The number of fused-ring (bicyclic) bond motifs is 1. The van der Waals surface area contributed by atoms with E-state index in [2.05, 4.69) is 21.3 Å². The summed E-state index contributed by atoms with van der Waals surface area (Å²) < 4.78 is 5.46. The van der Waals surface area contributed by atoms with Crippen LogP contribution in [0.5, 0.6) is 5.75 Å². The molecule has 7 nitrogen and oxygen atoms in total. The smallest absolute Gasteiger partial charge is 0.410 e. The molecule has 0 spiro atoms. The number of nitrogens with one attached hydrogen (secondary N) is 1. The molecular weight excluding hydrogens is 368 g/mol. The molecule has 0 saturated heterocycles. The Labute approximate surface area is 169 Å². The normalized spacial score (nSPS) is 14.7. The Hall–Kier alpha value is -3.35. The van der Waals surface area contributed by atoms with Gasteiger partial charge in [0, 0.05) is 35.8 Å². The van der Waals surface area contributed by atoms with E-state index in [1.807, 2.05) is 45.2 Å². The van der Waals surface area contributed by atoms with Crippen LogP contribution in [-0.4, -0.2) is 50.0 Å². The molecule has 3 heterocycles. The Morgan fingerprint density at radius 3 is 2.69 bits per heavy atom. The number of phenols is 1. The van der Waals surface area contributed by atoms with E-state index in [9.17, 15) is 9.90 Å². The minimum absolute atomic E-state index is 0.170. The van der Waals surface area contributed by atoms with Crippen LogP contribution >= 0.6 is 0 Å². The van der Waals surface area contributed by atoms with Gasteiger partial charge in [0.05, 0.1) is 5.69 Å². The van der Waals surface area contributed by atoms with Crippen LogP contribution < -0.4 is 0 Å². The van der Waals surface area contributed by atoms with Gasteiger partial charge in [-0.15, -0.1) is 10.2 Å². The van der Waals surface area contributed by atoms with Crippen molar-refractivity contribution in [3.8, 4) is 17.0 Å². The van der Waals surface area contributed by atoms with Gasteiger partial charge in [-0.25, -0.2) is 4.79 Å². The quantitative estimate of drug-likeness (QED) is 0.676. The molecule has 2 aromatic heterocycles. The second-order valence-electron chi connectivity index (χ2n) is 8.12. The van der Waals surface area contributed by atoms with Crippen LogP contribution in [0.1, 0.15) is 32.8 Å². The van der Waals surface area contributed by atoms with Crippen molar-refractivity contribution in [3.63, 3.8) is 0 Å². The molecule has 3 aromatic rings. The van der Waals surface area contributed by atoms with Crippen LogP contribution in [0, 0.1) is 0 Å². The largest absolute Gasteiger partial charge is 0.507 e. The highest BCUT2D eigenvalue weighted by atomic mass is 16.6. The molecule has 0 saturated carbocycles. The molecule has 2 N–H and O–H groups in total. The van der Waals surface area contributed by atoms with E-state index in [0.717, 1.165) is 22.9 Å². The minimum atomic E-state index is -0.504. The number of aromatic amines is 1. The number of carbonyl (C=O) groups excluding carboxylic acids is 1. The number of amides is 1. The number of aromatic nitrogens is 3. The molecular formula is C22H24N4O3. The first kappa shape index (κ1) is 19.0. The first-order chi connectivity index (χ1) is 13.8. The molecule has 150 valence electrons. The number of hydrogen-bond donors (Lipinski definition) is 2. The van der Waals surface area contributed by atoms with E-state index in [4.69, 9.17) is 4.74 Å². The van der Waals surface area contributed by atoms with E-state index in [0.29, 0.717) is 30.0 Å². The lowest BCUT2D eigenvalue weighted by atomic mass is 9.99. The van der Waals surface area contributed by atoms with Crippen LogP contribution in [0.3, 0.4) is 0 Å². The monoisotopic (exact) mass is 392 g/mol. The fourth-order valence-corrected chi connectivity index (χ4v) is 3.42. The molecule has 7 heteroatoms. The maximum atomic E-state index is 12.3. The average molecular weight is 392 g/mol. The number of H-pyrrole nitrogens is 1. The fourth-order valence-electron chi connectivity index (χ4n) is 3.42. The Bertz CT molecular complexity index is 1090. The van der Waals surface area contributed by atoms with Crippen molar-refractivity contribution < 1.29 is 14.6 Å². The van der Waals surface area contributed by atoms with Gasteiger partial charge in [0.1, 0.15) is 11.4 Å². The molecule has 1 aromatic carbocycles. The molecule has 4 rings (SSSR count). The van der Waals surface area contributed by atoms with Crippen LogP contribution in [-0.2, 0) is 4.74 Å². The van der Waals surface area contributed by atoms with Gasteiger partial charge in [-0.3, -0.25) is 0 Å². The molecule has 1 aliphatic rings. The molecule has 0 atom stereocenters. The summed E-state index contributed by atoms with van der Waals surface area (Å²) in [5.74, 6) is 0.170. The lowest BCUT2D eigenvalue weighted by molar-refractivity contribution is 0.0270. The summed E-state index contributed by atoms with van der Waals surface area (Å²) in [5, 5.41) is 19.6. The second kappa shape index (κ2) is 7.24. The predicted molar refractivity (Wildman–Crippen MR) is 111 cm³/mol. The maximum Gasteiger partial charge on any atom is 0.410 e. The number of phenolic OH excluding ortho intramolecular Hbond substituents is 1. The Morgan fingerprint density at radius 1 is 1.21 bits per heavy atom. The van der Waals surface area contributed by atoms with E-state index in [1.165, 1.54) is 0 Å². The van der Waals surface area contributed by atoms with Crippen molar-refractivity contribution in [2.45, 2.75) is 32.8 Å². The van der Waals surface area contributed by atoms with Gasteiger partial charge in [0.25, 0.3) is 0 Å². The Balaban J connectivity index is 1.61. The zero-order chi connectivity index (χ0) is 20.6. The van der Waals surface area contributed by atoms with Gasteiger partial charge >= 0.3 is 6.09 Å². The first-order valence-electron chi connectivity index (χ1n) is 9.62. The van der Waals surface area contributed by atoms with Crippen LogP contribution in [0.15, 0.2) is 42.6 Å². The topological polar surface area (TPSA) is 91.3 Å². The van der Waals surface area contributed by atoms with Gasteiger partial charge < -0.3 is 19.7 Å². The lowest BCUT2D eigenvalue weighted by Gasteiger charge is -2.29. The third-order valence-corrected chi connectivity index (χ3v) is 4.82. The number of hydrogen-bond acceptors (Lipinski definition) is 5. The highest BCUT2D eigenvalue weighted by molar-refractivity contribution is 5.93. The van der Waals surface area contributed by atoms with Gasteiger partial charge in [0.15, 0.2) is 5.65 Å². The highest BCUT2D eigenvalue weighted by Crippen LogP contribution is 2.33. The number of carbonyl (C=O) groups is 1. The summed E-state index contributed by atoms with van der Waals surface area (Å²) in [4.78, 5) is 17.1. The van der Waals surface area contributed by atoms with Crippen molar-refractivity contribution in [2.75, 3.05) is 13.1 Å². The van der Waals surface area contributed by atoms with Crippen molar-refractivity contribution in [1.82, 2.24) is 20.1 Å². The van der Waals surface area contributed by atoms with Crippen molar-refractivity contribution in [1.29, 1.82) is 0 Å². The van der Waals surface area contributed by atoms with Crippen molar-refractivity contribution in [2.24, 2.45) is 0 Å². The predicted octanol–water partition coefficient (Wildman–Crippen LogP) is 4.35. The summed E-state index contributed by atoms with van der Waals surface area (Å²) in [6.45, 7) is 6.70. The summed E-state index contributed by atoms with van der Waals surface area (Å²) >= 11 is 0. The van der Waals surface area contributed by atoms with Crippen molar-refractivity contribution >= 4 is 22.7 Å². The number of rotatable bonds is 2. The van der Waals surface area contributed by atoms with E-state index >= 15 is 0 Å². The third-order valence-electron chi connectivity index (χ3n) is 4.82. The van der Waals surface area contributed by atoms with Crippen LogP contribution in [0.2, 0.25) is 0 Å². The molecule has 1 aliphatic heterocycles. The molecule has 1 amide bonds. The summed E-state index contributed by atoms with van der Waals surface area (Å²) in [5.41, 5.74) is 3.62. The standard InChI is InChI=1S/C22H24N4O3/c1-22(2,3)29-21(28)26-10-8-14(9-11-26)17-13-23-20-16(17)12-18(24-25-20)15-6-4-5-7-19(15)27/h4-8,12-13,27H,9-11H2,1-3H3,(H,23,25). The molecule has 0 fully saturated rings. The SMILES string of the molecule is CC(C)(C)OC(=O)N1CC=C(c2c[nH]c3nnc(-c4ccccc4O)cc23)CC1. The number of ether oxygens (including phenoxy) is 1. The number of benzene rings is 1. The van der Waals surface area contributed by atoms with Gasteiger partial charge in [-0.2, -0.15) is 0 Å². The fraction of sp³-hybridized carbons (Fsp3) is 0.318. The van der Waals surface area contributed by atoms with E-state index < -0.39 is 5.60 Å². The van der Waals surface area contributed by atoms with Gasteiger partial charge in [-0.05, 0) is 51.0 Å². The molecule has 29 heavy (non-hydrogen) atoms. The maximum absolute atomic E-state index is 12.3. The summed E-state index contributed by atoms with van der Waals surface area (Å²) in [6, 6.07) is 9.01. The molecule has 0 aliphatic carbocycles. The van der Waals surface area contributed by atoms with Crippen molar-refractivity contribution in [3.05, 3.63) is 48.2 Å². The van der Waals surface area contributed by atoms with Gasteiger partial charge in [0.2, 0.25) is 0 Å². The zero-order valence-corrected chi connectivity index (χ0v) is 16.8. The average Bonchev–Trinajstić information content (AvgIpc) is 3.10. The highest BCUT2D eigenvalue weighted by Gasteiger charge is 2.24. The molecule has 0 unspecified atom stereocenters. The Morgan fingerprint density at radius 2 is 2.00 bits per heavy atom. The second-order valence-corrected chi connectivity index (χ2v) is 8.12. The molecule has 0 bridgehead atoms. The zero-order valence-electron chi connectivity index (χ0n) is 16.8. The van der Waals surface area contributed by atoms with Gasteiger partial charge in [-0.1, -0.05) is 18.2 Å².